The van der Waals surface area contributed by atoms with Gasteiger partial charge in [-0.15, -0.1) is 0 Å². The molecule has 0 fully saturated rings. The Morgan fingerprint density at radius 3 is 1.68 bits per heavy atom. The fourth-order valence-electron chi connectivity index (χ4n) is 4.22. The molecule has 0 spiro atoms. The van der Waals surface area contributed by atoms with Crippen molar-refractivity contribution >= 4 is 37.5 Å². The molecule has 4 rings (SSSR count). The zero-order valence-corrected chi connectivity index (χ0v) is 20.7. The maximum Gasteiger partial charge on any atom is 0.352 e. The number of hydrogen-bond acceptors (Lipinski definition) is 8. The molecule has 1 heterocycles. The van der Waals surface area contributed by atoms with E-state index in [0.29, 0.717) is 12.1 Å². The van der Waals surface area contributed by atoms with Gasteiger partial charge in [-0.2, -0.15) is 12.7 Å². The normalized spacial score (nSPS) is 22.6. The Balaban J connectivity index is 1.88. The van der Waals surface area contributed by atoms with Crippen LogP contribution in [0.25, 0.3) is 0 Å². The molecule has 0 saturated heterocycles. The molecular formula is C23H20N3O9S2+. The van der Waals surface area contributed by atoms with Gasteiger partial charge in [0.2, 0.25) is 0 Å². The van der Waals surface area contributed by atoms with E-state index in [2.05, 4.69) is 0 Å². The fraction of sp³-hybridized carbons (Fsp3) is 0.130. The van der Waals surface area contributed by atoms with Crippen LogP contribution in [0.1, 0.15) is 21.6 Å². The van der Waals surface area contributed by atoms with Crippen molar-refractivity contribution in [3.8, 4) is 0 Å². The summed E-state index contributed by atoms with van der Waals surface area (Å²) in [4.78, 5) is 32.4. The van der Waals surface area contributed by atoms with Crippen LogP contribution < -0.4 is 0 Å². The average molecular weight is 547 g/mol. The van der Waals surface area contributed by atoms with Crippen LogP contribution in [-0.2, 0) is 14.4 Å². The number of nitrogens with zero attached hydrogens (tertiary/aromatic N) is 3. The largest absolute Gasteiger partial charge is 0.352 e. The summed E-state index contributed by atoms with van der Waals surface area (Å²) >= 11 is 0. The van der Waals surface area contributed by atoms with E-state index in [1.54, 1.807) is 30.5 Å². The molecule has 0 amide bonds. The minimum absolute atomic E-state index is 0.280. The molecule has 2 unspecified atom stereocenters. The fourth-order valence-corrected chi connectivity index (χ4v) is 8.09. The van der Waals surface area contributed by atoms with Crippen LogP contribution in [-0.4, -0.2) is 34.0 Å². The number of nitro benzene ring substituents is 2. The highest BCUT2D eigenvalue weighted by Crippen LogP contribution is 2.72. The summed E-state index contributed by atoms with van der Waals surface area (Å²) in [6.07, 6.45) is 5.40. The first-order chi connectivity index (χ1) is 17.4. The second kappa shape index (κ2) is 9.72. The lowest BCUT2D eigenvalue weighted by Gasteiger charge is -2.36. The van der Waals surface area contributed by atoms with Gasteiger partial charge in [0.15, 0.2) is 0 Å². The summed E-state index contributed by atoms with van der Waals surface area (Å²) in [7, 11) is -7.95. The van der Waals surface area contributed by atoms with E-state index in [1.165, 1.54) is 0 Å². The van der Waals surface area contributed by atoms with Crippen molar-refractivity contribution in [3.05, 3.63) is 121 Å². The van der Waals surface area contributed by atoms with Gasteiger partial charge in [-0.3, -0.25) is 24.8 Å². The SMILES string of the molecule is CS1(O[N+](=O)c2cc([N+](=O)[O-])cc([N+](=O)[O-])c2S(=O)(=O)O)C(c2ccccc2)C=CC1c1ccccc1. The van der Waals surface area contributed by atoms with Gasteiger partial charge in [0.1, 0.15) is 6.07 Å². The van der Waals surface area contributed by atoms with Crippen LogP contribution >= 0.6 is 10.3 Å². The molecule has 37 heavy (non-hydrogen) atoms. The Morgan fingerprint density at radius 1 is 0.811 bits per heavy atom. The van der Waals surface area contributed by atoms with Gasteiger partial charge in [-0.1, -0.05) is 72.8 Å². The van der Waals surface area contributed by atoms with Crippen molar-refractivity contribution in [2.75, 3.05) is 6.26 Å². The molecule has 3 aromatic rings. The van der Waals surface area contributed by atoms with Crippen LogP contribution in [0, 0.1) is 25.1 Å². The molecule has 2 atom stereocenters. The number of rotatable bonds is 8. The standard InChI is InChI=1S/C23H19N3O9S2/c1-36(21(16-8-4-2-5-9-16)12-13-22(36)17-10-6-3-7-11-17)35-26(31)20-15-18(24(27)28)14-19(25(29)30)23(20)37(32,33)34/h2-15,21-22H,1H3/p+1. The molecule has 1 aliphatic heterocycles. The zero-order chi connectivity index (χ0) is 27.0. The lowest BCUT2D eigenvalue weighted by molar-refractivity contribution is -0.698. The van der Waals surface area contributed by atoms with Gasteiger partial charge in [0.25, 0.3) is 15.5 Å². The Kier molecular flexibility index (Phi) is 6.82. The minimum atomic E-state index is -5.37. The predicted octanol–water partition coefficient (Wildman–Crippen LogP) is 5.49. The smallest absolute Gasteiger partial charge is 0.281 e. The summed E-state index contributed by atoms with van der Waals surface area (Å²) in [5.41, 5.74) is -1.75. The van der Waals surface area contributed by atoms with Gasteiger partial charge in [0, 0.05) is 16.6 Å². The first-order valence-electron chi connectivity index (χ1n) is 10.6. The molecule has 1 aliphatic rings. The van der Waals surface area contributed by atoms with Gasteiger partial charge < -0.3 is 0 Å². The molecular weight excluding hydrogens is 526 g/mol. The molecule has 0 aromatic heterocycles. The number of non-ortho nitro benzene ring substituents is 1. The van der Waals surface area contributed by atoms with Gasteiger partial charge in [-0.05, 0) is 11.1 Å². The van der Waals surface area contributed by atoms with E-state index in [0.717, 1.165) is 11.1 Å². The van der Waals surface area contributed by atoms with Gasteiger partial charge >= 0.3 is 21.5 Å². The Labute approximate surface area is 212 Å². The molecule has 12 nitrogen and oxygen atoms in total. The van der Waals surface area contributed by atoms with E-state index < -0.39 is 62.7 Å². The van der Waals surface area contributed by atoms with Crippen molar-refractivity contribution < 1.29 is 32.0 Å². The number of hydrogen-bond donors (Lipinski definition) is 1. The maximum absolute atomic E-state index is 13.4. The van der Waals surface area contributed by atoms with Crippen molar-refractivity contribution in [1.29, 1.82) is 0 Å². The third kappa shape index (κ3) is 4.94. The topological polar surface area (TPSA) is 170 Å². The third-order valence-corrected chi connectivity index (χ3v) is 10.1. The monoisotopic (exact) mass is 546 g/mol. The molecule has 3 aromatic carbocycles. The second-order valence-corrected chi connectivity index (χ2v) is 12.6. The predicted molar refractivity (Wildman–Crippen MR) is 135 cm³/mol. The lowest BCUT2D eigenvalue weighted by Crippen LogP contribution is -2.19. The average Bonchev–Trinajstić information content (AvgIpc) is 3.19. The van der Waals surface area contributed by atoms with Crippen LogP contribution in [0.2, 0.25) is 0 Å². The Morgan fingerprint density at radius 2 is 1.27 bits per heavy atom. The molecule has 0 saturated carbocycles. The molecule has 0 radical (unpaired) electrons. The summed E-state index contributed by atoms with van der Waals surface area (Å²) in [5.74, 6) is 0. The highest BCUT2D eigenvalue weighted by atomic mass is 32.3. The van der Waals surface area contributed by atoms with E-state index >= 15 is 0 Å². The molecule has 1 N–H and O–H groups in total. The first kappa shape index (κ1) is 25.9. The minimum Gasteiger partial charge on any atom is -0.281 e. The first-order valence-corrected chi connectivity index (χ1v) is 14.1. The Bertz CT molecular complexity index is 1480. The van der Waals surface area contributed by atoms with E-state index in [9.17, 15) is 38.1 Å². The van der Waals surface area contributed by atoms with E-state index in [-0.39, 0.29) is 4.92 Å². The zero-order valence-electron chi connectivity index (χ0n) is 19.1. The summed E-state index contributed by atoms with van der Waals surface area (Å²) in [5, 5.41) is 22.0. The quantitative estimate of drug-likeness (QED) is 0.166. The Hall–Kier alpha value is -4.14. The van der Waals surface area contributed by atoms with Crippen LogP contribution in [0.15, 0.2) is 89.8 Å². The van der Waals surface area contributed by atoms with E-state index in [1.807, 2.05) is 48.6 Å². The van der Waals surface area contributed by atoms with Gasteiger partial charge in [-0.25, -0.2) is 0 Å². The van der Waals surface area contributed by atoms with Crippen LogP contribution in [0.5, 0.6) is 0 Å². The maximum atomic E-state index is 13.4. The van der Waals surface area contributed by atoms with Crippen molar-refractivity contribution in [1.82, 2.24) is 0 Å². The van der Waals surface area contributed by atoms with Crippen molar-refractivity contribution in [2.24, 2.45) is 0 Å². The lowest BCUT2D eigenvalue weighted by atomic mass is 10.1. The van der Waals surface area contributed by atoms with E-state index in [4.69, 9.17) is 4.28 Å². The summed E-state index contributed by atoms with van der Waals surface area (Å²) in [6.45, 7) is 0. The summed E-state index contributed by atoms with van der Waals surface area (Å²) < 4.78 is 39.9. The highest BCUT2D eigenvalue weighted by molar-refractivity contribution is 8.30. The van der Waals surface area contributed by atoms with Gasteiger partial charge in [0.05, 0.1) is 31.3 Å². The highest BCUT2D eigenvalue weighted by Gasteiger charge is 2.50. The second-order valence-electron chi connectivity index (χ2n) is 8.15. The molecule has 0 bridgehead atoms. The van der Waals surface area contributed by atoms with Crippen molar-refractivity contribution in [3.63, 3.8) is 0 Å². The number of nitro groups is 2. The van der Waals surface area contributed by atoms with Crippen LogP contribution in [0.4, 0.5) is 17.1 Å². The van der Waals surface area contributed by atoms with Crippen molar-refractivity contribution in [2.45, 2.75) is 15.4 Å². The van der Waals surface area contributed by atoms with Crippen LogP contribution in [0.3, 0.4) is 0 Å². The molecule has 0 aliphatic carbocycles. The number of benzene rings is 3. The summed E-state index contributed by atoms with van der Waals surface area (Å²) in [6, 6.07) is 19.0. The third-order valence-electron chi connectivity index (χ3n) is 5.85. The molecule has 14 heteroatoms. The molecule has 192 valence electrons.